The molecule has 0 aromatic heterocycles. The van der Waals surface area contributed by atoms with Crippen molar-refractivity contribution >= 4 is 23.0 Å². The van der Waals surface area contributed by atoms with Crippen LogP contribution in [0, 0.1) is 11.3 Å². The van der Waals surface area contributed by atoms with Crippen LogP contribution in [0.1, 0.15) is 12.0 Å². The number of nitriles is 1. The van der Waals surface area contributed by atoms with Crippen molar-refractivity contribution in [3.63, 3.8) is 0 Å². The SMILES string of the molecule is COc1cc(C#N)c(N=NNc2ccc(OC(F)(F)F)cc2)cc1OCCCCl. The predicted molar refractivity (Wildman–Crippen MR) is 99.8 cm³/mol. The number of ether oxygens (including phenoxy) is 3. The molecular weight excluding hydrogens is 413 g/mol. The van der Waals surface area contributed by atoms with Gasteiger partial charge in [-0.2, -0.15) is 5.26 Å². The predicted octanol–water partition coefficient (Wildman–Crippen LogP) is 5.58. The molecule has 0 fully saturated rings. The molecule has 0 aliphatic rings. The van der Waals surface area contributed by atoms with Crippen molar-refractivity contribution in [2.24, 2.45) is 10.3 Å². The van der Waals surface area contributed by atoms with E-state index in [1.165, 1.54) is 31.4 Å². The molecule has 1 N–H and O–H groups in total. The van der Waals surface area contributed by atoms with E-state index in [9.17, 15) is 18.4 Å². The van der Waals surface area contributed by atoms with Crippen molar-refractivity contribution in [1.29, 1.82) is 5.26 Å². The number of hydrogen-bond donors (Lipinski definition) is 1. The van der Waals surface area contributed by atoms with Crippen molar-refractivity contribution in [3.05, 3.63) is 42.0 Å². The summed E-state index contributed by atoms with van der Waals surface area (Å²) in [6.07, 6.45) is -4.14. The summed E-state index contributed by atoms with van der Waals surface area (Å²) < 4.78 is 51.1. The van der Waals surface area contributed by atoms with E-state index in [1.807, 2.05) is 6.07 Å². The van der Waals surface area contributed by atoms with Gasteiger partial charge in [-0.3, -0.25) is 5.43 Å². The highest BCUT2D eigenvalue weighted by Crippen LogP contribution is 2.35. The molecule has 11 heteroatoms. The summed E-state index contributed by atoms with van der Waals surface area (Å²) in [6.45, 7) is 0.354. The summed E-state index contributed by atoms with van der Waals surface area (Å²) in [5, 5.41) is 17.0. The molecule has 7 nitrogen and oxygen atoms in total. The number of halogens is 4. The summed E-state index contributed by atoms with van der Waals surface area (Å²) in [6, 6.07) is 9.87. The molecule has 0 unspecified atom stereocenters. The van der Waals surface area contributed by atoms with E-state index in [4.69, 9.17) is 21.1 Å². The van der Waals surface area contributed by atoms with Crippen LogP contribution in [-0.4, -0.2) is 26.0 Å². The highest BCUT2D eigenvalue weighted by molar-refractivity contribution is 6.17. The van der Waals surface area contributed by atoms with Gasteiger partial charge in [-0.25, -0.2) is 0 Å². The molecule has 0 radical (unpaired) electrons. The van der Waals surface area contributed by atoms with Crippen LogP contribution in [0.25, 0.3) is 0 Å². The fourth-order valence-electron chi connectivity index (χ4n) is 2.10. The third-order valence-electron chi connectivity index (χ3n) is 3.36. The molecule has 2 aromatic carbocycles. The van der Waals surface area contributed by atoms with Gasteiger partial charge in [-0.15, -0.1) is 29.9 Å². The first-order chi connectivity index (χ1) is 13.9. The maximum atomic E-state index is 12.2. The van der Waals surface area contributed by atoms with Crippen LogP contribution in [0.4, 0.5) is 24.5 Å². The van der Waals surface area contributed by atoms with E-state index in [0.717, 1.165) is 12.1 Å². The molecule has 154 valence electrons. The van der Waals surface area contributed by atoms with E-state index in [-0.39, 0.29) is 17.0 Å². The zero-order chi connectivity index (χ0) is 21.3. The van der Waals surface area contributed by atoms with Gasteiger partial charge in [0.2, 0.25) is 0 Å². The van der Waals surface area contributed by atoms with Gasteiger partial charge in [-0.1, -0.05) is 5.22 Å². The molecule has 0 saturated heterocycles. The van der Waals surface area contributed by atoms with E-state index in [2.05, 4.69) is 20.5 Å². The smallest absolute Gasteiger partial charge is 0.493 e. The average molecular weight is 429 g/mol. The fraction of sp³-hybridized carbons (Fsp3) is 0.278. The average Bonchev–Trinajstić information content (AvgIpc) is 2.68. The number of hydrogen-bond acceptors (Lipinski definition) is 6. The molecule has 0 saturated carbocycles. The lowest BCUT2D eigenvalue weighted by Crippen LogP contribution is -2.16. The summed E-state index contributed by atoms with van der Waals surface area (Å²) in [5.74, 6) is 0.810. The maximum Gasteiger partial charge on any atom is 0.573 e. The number of alkyl halides is 4. The van der Waals surface area contributed by atoms with Gasteiger partial charge in [-0.05, 0) is 30.7 Å². The number of nitrogens with one attached hydrogen (secondary N) is 1. The Morgan fingerprint density at radius 2 is 1.90 bits per heavy atom. The second kappa shape index (κ2) is 10.4. The fourth-order valence-corrected chi connectivity index (χ4v) is 2.21. The van der Waals surface area contributed by atoms with Crippen molar-refractivity contribution in [2.75, 3.05) is 25.0 Å². The highest BCUT2D eigenvalue weighted by atomic mass is 35.5. The second-order valence-electron chi connectivity index (χ2n) is 5.41. The van der Waals surface area contributed by atoms with Gasteiger partial charge in [0.15, 0.2) is 11.5 Å². The molecule has 0 amide bonds. The minimum Gasteiger partial charge on any atom is -0.493 e. The van der Waals surface area contributed by atoms with Crippen LogP contribution < -0.4 is 19.6 Å². The minimum absolute atomic E-state index is 0.200. The minimum atomic E-state index is -4.76. The third kappa shape index (κ3) is 7.04. The van der Waals surface area contributed by atoms with Gasteiger partial charge >= 0.3 is 6.36 Å². The van der Waals surface area contributed by atoms with E-state index < -0.39 is 6.36 Å². The molecule has 0 bridgehead atoms. The van der Waals surface area contributed by atoms with Gasteiger partial charge in [0.05, 0.1) is 25.0 Å². The van der Waals surface area contributed by atoms with E-state index >= 15 is 0 Å². The van der Waals surface area contributed by atoms with Gasteiger partial charge in [0.1, 0.15) is 17.5 Å². The number of benzene rings is 2. The molecule has 2 aromatic rings. The van der Waals surface area contributed by atoms with Gasteiger partial charge < -0.3 is 14.2 Å². The first-order valence-corrected chi connectivity index (χ1v) is 8.73. The largest absolute Gasteiger partial charge is 0.573 e. The van der Waals surface area contributed by atoms with Crippen molar-refractivity contribution in [3.8, 4) is 23.3 Å². The molecule has 0 aliphatic carbocycles. The quantitative estimate of drug-likeness (QED) is 0.243. The number of methoxy groups -OCH3 is 1. The summed E-state index contributed by atoms with van der Waals surface area (Å²) in [5.41, 5.74) is 3.35. The van der Waals surface area contributed by atoms with Crippen LogP contribution in [0.15, 0.2) is 46.7 Å². The maximum absolute atomic E-state index is 12.2. The zero-order valence-electron chi connectivity index (χ0n) is 15.2. The van der Waals surface area contributed by atoms with Crippen LogP contribution in [0.5, 0.6) is 17.2 Å². The Morgan fingerprint density at radius 3 is 2.48 bits per heavy atom. The Morgan fingerprint density at radius 1 is 1.17 bits per heavy atom. The molecule has 0 aliphatic heterocycles. The third-order valence-corrected chi connectivity index (χ3v) is 3.63. The lowest BCUT2D eigenvalue weighted by molar-refractivity contribution is -0.274. The van der Waals surface area contributed by atoms with Crippen LogP contribution in [0.2, 0.25) is 0 Å². The molecular formula is C18H16ClF3N4O3. The molecule has 0 heterocycles. The normalized spacial score (nSPS) is 11.2. The zero-order valence-corrected chi connectivity index (χ0v) is 15.9. The Labute approximate surface area is 169 Å². The topological polar surface area (TPSA) is 88.2 Å². The second-order valence-corrected chi connectivity index (χ2v) is 5.78. The summed E-state index contributed by atoms with van der Waals surface area (Å²) in [4.78, 5) is 0. The van der Waals surface area contributed by atoms with Crippen molar-refractivity contribution in [2.45, 2.75) is 12.8 Å². The molecule has 2 rings (SSSR count). The van der Waals surface area contributed by atoms with Gasteiger partial charge in [0.25, 0.3) is 0 Å². The Bertz CT molecular complexity index is 884. The molecule has 0 atom stereocenters. The van der Waals surface area contributed by atoms with Crippen LogP contribution in [0.3, 0.4) is 0 Å². The Kier molecular flexibility index (Phi) is 7.91. The number of anilines is 1. The summed E-state index contributed by atoms with van der Waals surface area (Å²) in [7, 11) is 1.44. The number of nitrogens with zero attached hydrogens (tertiary/aromatic N) is 3. The molecule has 0 spiro atoms. The van der Waals surface area contributed by atoms with Crippen LogP contribution in [-0.2, 0) is 0 Å². The lowest BCUT2D eigenvalue weighted by atomic mass is 10.1. The lowest BCUT2D eigenvalue weighted by Gasteiger charge is -2.11. The first kappa shape index (κ1) is 22.1. The van der Waals surface area contributed by atoms with E-state index in [1.54, 1.807) is 0 Å². The van der Waals surface area contributed by atoms with Crippen molar-refractivity contribution in [1.82, 2.24) is 0 Å². The Balaban J connectivity index is 2.12. The number of rotatable bonds is 9. The highest BCUT2D eigenvalue weighted by Gasteiger charge is 2.30. The summed E-state index contributed by atoms with van der Waals surface area (Å²) >= 11 is 5.63. The molecule has 29 heavy (non-hydrogen) atoms. The first-order valence-electron chi connectivity index (χ1n) is 8.19. The van der Waals surface area contributed by atoms with Crippen molar-refractivity contribution < 1.29 is 27.4 Å². The standard InChI is InChI=1S/C18H16ClF3N4O3/c1-27-16-9-12(11-23)15(10-17(16)28-8-2-7-19)25-26-24-13-3-5-14(6-4-13)29-18(20,21)22/h3-6,9-10H,2,7-8H2,1H3,(H,24,25). The monoisotopic (exact) mass is 428 g/mol. The van der Waals surface area contributed by atoms with Crippen LogP contribution >= 0.6 is 11.6 Å². The van der Waals surface area contributed by atoms with E-state index in [0.29, 0.717) is 36.1 Å². The van der Waals surface area contributed by atoms with Gasteiger partial charge in [0, 0.05) is 18.0 Å². The Hall–Kier alpha value is -3.19.